The molecular weight excluding hydrogens is 160 g/mol. The van der Waals surface area contributed by atoms with E-state index in [0.29, 0.717) is 17.4 Å². The highest BCUT2D eigenvalue weighted by Crippen LogP contribution is 2.21. The highest BCUT2D eigenvalue weighted by atomic mass is 32.2. The second-order valence-electron chi connectivity index (χ2n) is 3.41. The van der Waals surface area contributed by atoms with Gasteiger partial charge in [0.1, 0.15) is 0 Å². The van der Waals surface area contributed by atoms with Crippen molar-refractivity contribution in [3.8, 4) is 0 Å². The van der Waals surface area contributed by atoms with Crippen molar-refractivity contribution in [1.29, 1.82) is 0 Å². The molecule has 11 heavy (non-hydrogen) atoms. The molecule has 1 aliphatic rings. The van der Waals surface area contributed by atoms with Crippen LogP contribution in [-0.2, 0) is 9.84 Å². The van der Waals surface area contributed by atoms with Gasteiger partial charge in [0.2, 0.25) is 0 Å². The van der Waals surface area contributed by atoms with E-state index in [9.17, 15) is 8.42 Å². The van der Waals surface area contributed by atoms with Crippen molar-refractivity contribution in [1.82, 2.24) is 0 Å². The van der Waals surface area contributed by atoms with Crippen LogP contribution in [-0.4, -0.2) is 19.9 Å². The van der Waals surface area contributed by atoms with Gasteiger partial charge < -0.3 is 0 Å². The summed E-state index contributed by atoms with van der Waals surface area (Å²) in [5.74, 6) is 1.33. The molecule has 0 amide bonds. The normalized spacial score (nSPS) is 30.1. The predicted octanol–water partition coefficient (Wildman–Crippen LogP) is 1.61. The molecule has 0 aliphatic carbocycles. The van der Waals surface area contributed by atoms with Gasteiger partial charge in [-0.3, -0.25) is 0 Å². The van der Waals surface area contributed by atoms with Gasteiger partial charge in [-0.2, -0.15) is 0 Å². The Hall–Kier alpha value is -0.0500. The molecule has 1 fully saturated rings. The summed E-state index contributed by atoms with van der Waals surface area (Å²) >= 11 is 0. The zero-order chi connectivity index (χ0) is 8.32. The molecule has 1 heterocycles. The summed E-state index contributed by atoms with van der Waals surface area (Å²) in [5, 5.41) is 0. The van der Waals surface area contributed by atoms with Crippen molar-refractivity contribution in [3.05, 3.63) is 0 Å². The first-order valence-corrected chi connectivity index (χ1v) is 6.16. The summed E-state index contributed by atoms with van der Waals surface area (Å²) < 4.78 is 22.3. The molecule has 0 aromatic carbocycles. The fourth-order valence-corrected chi connectivity index (χ4v) is 3.58. The van der Waals surface area contributed by atoms with Gasteiger partial charge in [0.15, 0.2) is 9.84 Å². The first-order chi connectivity index (χ1) is 5.14. The highest BCUT2D eigenvalue weighted by molar-refractivity contribution is 7.91. The molecule has 66 valence electrons. The van der Waals surface area contributed by atoms with Gasteiger partial charge in [-0.05, 0) is 25.2 Å². The monoisotopic (exact) mass is 176 g/mol. The smallest absolute Gasteiger partial charge is 0.150 e. The van der Waals surface area contributed by atoms with E-state index in [0.717, 1.165) is 25.7 Å². The maximum Gasteiger partial charge on any atom is 0.150 e. The third-order valence-corrected chi connectivity index (χ3v) is 4.14. The zero-order valence-corrected chi connectivity index (χ0v) is 7.86. The van der Waals surface area contributed by atoms with Crippen molar-refractivity contribution >= 4 is 9.84 Å². The zero-order valence-electron chi connectivity index (χ0n) is 7.04. The SMILES string of the molecule is CCCC1CCCS(=O)(=O)C1. The number of sulfone groups is 1. The minimum absolute atomic E-state index is 0.424. The van der Waals surface area contributed by atoms with E-state index in [1.165, 1.54) is 0 Å². The molecule has 0 saturated carbocycles. The molecule has 2 nitrogen and oxygen atoms in total. The van der Waals surface area contributed by atoms with Crippen molar-refractivity contribution < 1.29 is 8.42 Å². The van der Waals surface area contributed by atoms with Crippen molar-refractivity contribution in [3.63, 3.8) is 0 Å². The van der Waals surface area contributed by atoms with E-state index >= 15 is 0 Å². The fourth-order valence-electron chi connectivity index (χ4n) is 1.75. The lowest BCUT2D eigenvalue weighted by molar-refractivity contribution is 0.454. The van der Waals surface area contributed by atoms with Gasteiger partial charge >= 0.3 is 0 Å². The van der Waals surface area contributed by atoms with E-state index in [1.807, 2.05) is 0 Å². The summed E-state index contributed by atoms with van der Waals surface area (Å²) in [5.41, 5.74) is 0. The molecule has 1 saturated heterocycles. The summed E-state index contributed by atoms with van der Waals surface area (Å²) in [6.07, 6.45) is 4.19. The van der Waals surface area contributed by atoms with Crippen LogP contribution in [0.15, 0.2) is 0 Å². The third kappa shape index (κ3) is 2.81. The summed E-state index contributed by atoms with van der Waals surface area (Å²) in [4.78, 5) is 0. The minimum Gasteiger partial charge on any atom is -0.229 e. The Kier molecular flexibility index (Phi) is 2.93. The molecule has 0 N–H and O–H groups in total. The molecule has 1 aliphatic heterocycles. The molecule has 1 atom stereocenters. The van der Waals surface area contributed by atoms with E-state index < -0.39 is 9.84 Å². The van der Waals surface area contributed by atoms with Crippen LogP contribution >= 0.6 is 0 Å². The summed E-state index contributed by atoms with van der Waals surface area (Å²) in [7, 11) is -2.65. The summed E-state index contributed by atoms with van der Waals surface area (Å²) in [6, 6.07) is 0. The molecule has 0 aromatic heterocycles. The fraction of sp³-hybridized carbons (Fsp3) is 1.00. The Balaban J connectivity index is 2.47. The van der Waals surface area contributed by atoms with Crippen LogP contribution < -0.4 is 0 Å². The van der Waals surface area contributed by atoms with Gasteiger partial charge in [-0.1, -0.05) is 13.3 Å². The Morgan fingerprint density at radius 1 is 1.45 bits per heavy atom. The van der Waals surface area contributed by atoms with Gasteiger partial charge in [0.25, 0.3) is 0 Å². The highest BCUT2D eigenvalue weighted by Gasteiger charge is 2.23. The largest absolute Gasteiger partial charge is 0.229 e. The van der Waals surface area contributed by atoms with Crippen LogP contribution in [0.25, 0.3) is 0 Å². The topological polar surface area (TPSA) is 34.1 Å². The lowest BCUT2D eigenvalue weighted by Crippen LogP contribution is -2.24. The number of hydrogen-bond acceptors (Lipinski definition) is 2. The Labute approximate surface area is 68.9 Å². The van der Waals surface area contributed by atoms with Crippen LogP contribution in [0.3, 0.4) is 0 Å². The molecular formula is C8H16O2S. The van der Waals surface area contributed by atoms with Gasteiger partial charge in [0.05, 0.1) is 11.5 Å². The van der Waals surface area contributed by atoms with Crippen LogP contribution in [0.1, 0.15) is 32.6 Å². The van der Waals surface area contributed by atoms with Crippen molar-refractivity contribution in [2.45, 2.75) is 32.6 Å². The lowest BCUT2D eigenvalue weighted by Gasteiger charge is -2.20. The summed E-state index contributed by atoms with van der Waals surface area (Å²) in [6.45, 7) is 2.11. The number of rotatable bonds is 2. The molecule has 0 radical (unpaired) electrons. The second kappa shape index (κ2) is 3.57. The standard InChI is InChI=1S/C8H16O2S/c1-2-4-8-5-3-6-11(9,10)7-8/h8H,2-7H2,1H3. The Morgan fingerprint density at radius 2 is 2.18 bits per heavy atom. The van der Waals surface area contributed by atoms with Gasteiger partial charge in [0, 0.05) is 0 Å². The first kappa shape index (κ1) is 9.04. The van der Waals surface area contributed by atoms with Gasteiger partial charge in [-0.15, -0.1) is 0 Å². The molecule has 1 unspecified atom stereocenters. The lowest BCUT2D eigenvalue weighted by atomic mass is 10.0. The van der Waals surface area contributed by atoms with Crippen molar-refractivity contribution in [2.75, 3.05) is 11.5 Å². The Morgan fingerprint density at radius 3 is 2.73 bits per heavy atom. The van der Waals surface area contributed by atoms with Crippen molar-refractivity contribution in [2.24, 2.45) is 5.92 Å². The van der Waals surface area contributed by atoms with E-state index in [-0.39, 0.29) is 0 Å². The maximum atomic E-state index is 11.1. The molecule has 3 heteroatoms. The number of hydrogen-bond donors (Lipinski definition) is 0. The predicted molar refractivity (Wildman–Crippen MR) is 46.3 cm³/mol. The Bertz CT molecular complexity index is 204. The average Bonchev–Trinajstić information content (AvgIpc) is 1.85. The van der Waals surface area contributed by atoms with Crippen LogP contribution in [0.5, 0.6) is 0 Å². The molecule has 0 aromatic rings. The third-order valence-electron chi connectivity index (χ3n) is 2.25. The van der Waals surface area contributed by atoms with Crippen LogP contribution in [0.2, 0.25) is 0 Å². The quantitative estimate of drug-likeness (QED) is 0.640. The maximum absolute atomic E-state index is 11.1. The molecule has 0 spiro atoms. The average molecular weight is 176 g/mol. The van der Waals surface area contributed by atoms with E-state index in [2.05, 4.69) is 6.92 Å². The van der Waals surface area contributed by atoms with E-state index in [4.69, 9.17) is 0 Å². The minimum atomic E-state index is -2.65. The van der Waals surface area contributed by atoms with Crippen LogP contribution in [0, 0.1) is 5.92 Å². The molecule has 0 bridgehead atoms. The first-order valence-electron chi connectivity index (χ1n) is 4.34. The second-order valence-corrected chi connectivity index (χ2v) is 5.64. The van der Waals surface area contributed by atoms with Crippen LogP contribution in [0.4, 0.5) is 0 Å². The van der Waals surface area contributed by atoms with Gasteiger partial charge in [-0.25, -0.2) is 8.42 Å². The van der Waals surface area contributed by atoms with E-state index in [1.54, 1.807) is 0 Å². The molecule has 1 rings (SSSR count).